The molecule has 0 saturated heterocycles. The van der Waals surface area contributed by atoms with E-state index < -0.39 is 0 Å². The first-order valence-electron chi connectivity index (χ1n) is 5.31. The van der Waals surface area contributed by atoms with Crippen molar-refractivity contribution in [3.05, 3.63) is 23.5 Å². The van der Waals surface area contributed by atoms with Crippen LogP contribution in [0.4, 0.5) is 0 Å². The minimum atomic E-state index is -0.111. The van der Waals surface area contributed by atoms with Gasteiger partial charge in [-0.25, -0.2) is 0 Å². The third kappa shape index (κ3) is 2.52. The van der Waals surface area contributed by atoms with E-state index in [2.05, 4.69) is 15.5 Å². The van der Waals surface area contributed by atoms with Crippen LogP contribution < -0.4 is 5.32 Å². The average Bonchev–Trinajstić information content (AvgIpc) is 3.02. The van der Waals surface area contributed by atoms with Crippen molar-refractivity contribution in [3.8, 4) is 0 Å². The molecule has 0 unspecified atom stereocenters. The first kappa shape index (κ1) is 10.1. The van der Waals surface area contributed by atoms with E-state index in [1.807, 2.05) is 19.9 Å². The first-order valence-corrected chi connectivity index (χ1v) is 5.31. The molecule has 80 valence electrons. The molecule has 0 atom stereocenters. The summed E-state index contributed by atoms with van der Waals surface area (Å²) in [6, 6.07) is 3.96. The third-order valence-electron chi connectivity index (χ3n) is 2.42. The molecule has 15 heavy (non-hydrogen) atoms. The molecule has 1 aromatic heterocycles. The number of amides is 1. The van der Waals surface area contributed by atoms with Crippen molar-refractivity contribution in [1.29, 1.82) is 0 Å². The Hall–Kier alpha value is -1.45. The Bertz CT molecular complexity index is 355. The van der Waals surface area contributed by atoms with Gasteiger partial charge in [-0.1, -0.05) is 13.8 Å². The second-order valence-corrected chi connectivity index (χ2v) is 4.25. The van der Waals surface area contributed by atoms with Gasteiger partial charge in [-0.15, -0.1) is 5.10 Å². The van der Waals surface area contributed by atoms with E-state index in [9.17, 15) is 4.79 Å². The van der Waals surface area contributed by atoms with Gasteiger partial charge in [0.05, 0.1) is 5.69 Å². The van der Waals surface area contributed by atoms with Crippen LogP contribution in [0.3, 0.4) is 0 Å². The van der Waals surface area contributed by atoms with Crippen LogP contribution in [0.5, 0.6) is 0 Å². The van der Waals surface area contributed by atoms with Crippen LogP contribution in [0.15, 0.2) is 12.1 Å². The molecule has 0 radical (unpaired) electrons. The molecule has 1 aliphatic rings. The van der Waals surface area contributed by atoms with Gasteiger partial charge < -0.3 is 5.32 Å². The largest absolute Gasteiger partial charge is 0.348 e. The summed E-state index contributed by atoms with van der Waals surface area (Å²) in [5, 5.41) is 10.8. The highest BCUT2D eigenvalue weighted by atomic mass is 16.2. The monoisotopic (exact) mass is 205 g/mol. The number of aromatic nitrogens is 2. The second-order valence-electron chi connectivity index (χ2n) is 4.25. The Morgan fingerprint density at radius 1 is 1.40 bits per heavy atom. The van der Waals surface area contributed by atoms with Crippen LogP contribution in [0.2, 0.25) is 0 Å². The lowest BCUT2D eigenvalue weighted by molar-refractivity contribution is 0.0945. The summed E-state index contributed by atoms with van der Waals surface area (Å²) in [7, 11) is 0. The smallest absolute Gasteiger partial charge is 0.272 e. The summed E-state index contributed by atoms with van der Waals surface area (Å²) in [5.74, 6) is 0.235. The van der Waals surface area contributed by atoms with Gasteiger partial charge in [0.1, 0.15) is 0 Å². The van der Waals surface area contributed by atoms with E-state index in [0.717, 1.165) is 18.5 Å². The lowest BCUT2D eigenvalue weighted by Gasteiger charge is -2.04. The summed E-state index contributed by atoms with van der Waals surface area (Å²) in [6.07, 6.45) is 2.17. The molecule has 2 rings (SSSR count). The lowest BCUT2D eigenvalue weighted by atomic mass is 10.1. The maximum Gasteiger partial charge on any atom is 0.272 e. The minimum Gasteiger partial charge on any atom is -0.348 e. The average molecular weight is 205 g/mol. The van der Waals surface area contributed by atoms with Crippen LogP contribution >= 0.6 is 0 Å². The first-order chi connectivity index (χ1) is 7.16. The van der Waals surface area contributed by atoms with Gasteiger partial charge in [-0.3, -0.25) is 4.79 Å². The van der Waals surface area contributed by atoms with Gasteiger partial charge in [-0.2, -0.15) is 5.10 Å². The Labute approximate surface area is 89.1 Å². The fourth-order valence-electron chi connectivity index (χ4n) is 1.26. The molecule has 1 N–H and O–H groups in total. The topological polar surface area (TPSA) is 54.9 Å². The van der Waals surface area contributed by atoms with Gasteiger partial charge >= 0.3 is 0 Å². The Morgan fingerprint density at radius 3 is 2.60 bits per heavy atom. The minimum absolute atomic E-state index is 0.111. The zero-order valence-corrected chi connectivity index (χ0v) is 9.03. The second kappa shape index (κ2) is 3.96. The van der Waals surface area contributed by atoms with Crippen molar-refractivity contribution < 1.29 is 4.79 Å². The van der Waals surface area contributed by atoms with Crippen molar-refractivity contribution in [1.82, 2.24) is 15.5 Å². The van der Waals surface area contributed by atoms with Crippen LogP contribution in [-0.4, -0.2) is 22.1 Å². The van der Waals surface area contributed by atoms with Crippen LogP contribution in [0.25, 0.3) is 0 Å². The Balaban J connectivity index is 2.04. The molecule has 1 amide bonds. The normalized spacial score (nSPS) is 15.4. The predicted molar refractivity (Wildman–Crippen MR) is 56.6 cm³/mol. The standard InChI is InChI=1S/C11H15N3O/c1-7(2)9-5-6-10(14-13-9)11(15)12-8-3-4-8/h5-8H,3-4H2,1-2H3,(H,12,15). The van der Waals surface area contributed by atoms with Crippen molar-refractivity contribution in [3.63, 3.8) is 0 Å². The number of hydrogen-bond acceptors (Lipinski definition) is 3. The highest BCUT2D eigenvalue weighted by Gasteiger charge is 2.24. The van der Waals surface area contributed by atoms with Gasteiger partial charge in [0, 0.05) is 6.04 Å². The number of rotatable bonds is 3. The molecular weight excluding hydrogens is 190 g/mol. The summed E-state index contributed by atoms with van der Waals surface area (Å²) in [5.41, 5.74) is 1.32. The van der Waals surface area contributed by atoms with Crippen LogP contribution in [0, 0.1) is 0 Å². The lowest BCUT2D eigenvalue weighted by Crippen LogP contribution is -2.26. The molecule has 1 aromatic rings. The number of nitrogens with one attached hydrogen (secondary N) is 1. The maximum absolute atomic E-state index is 11.6. The number of carbonyl (C=O) groups is 1. The SMILES string of the molecule is CC(C)c1ccc(C(=O)NC2CC2)nn1. The molecule has 4 nitrogen and oxygen atoms in total. The molecule has 0 spiro atoms. The molecule has 0 aliphatic heterocycles. The third-order valence-corrected chi connectivity index (χ3v) is 2.42. The summed E-state index contributed by atoms with van der Waals surface area (Å²) >= 11 is 0. The van der Waals surface area contributed by atoms with Crippen molar-refractivity contribution in [2.24, 2.45) is 0 Å². The van der Waals surface area contributed by atoms with Gasteiger partial charge in [-0.05, 0) is 30.9 Å². The van der Waals surface area contributed by atoms with E-state index in [-0.39, 0.29) is 5.91 Å². The zero-order chi connectivity index (χ0) is 10.8. The molecule has 1 heterocycles. The van der Waals surface area contributed by atoms with E-state index in [1.54, 1.807) is 6.07 Å². The number of nitrogens with zero attached hydrogens (tertiary/aromatic N) is 2. The van der Waals surface area contributed by atoms with E-state index in [1.165, 1.54) is 0 Å². The molecule has 1 saturated carbocycles. The van der Waals surface area contributed by atoms with Gasteiger partial charge in [0.15, 0.2) is 5.69 Å². The zero-order valence-electron chi connectivity index (χ0n) is 9.03. The van der Waals surface area contributed by atoms with Crippen molar-refractivity contribution >= 4 is 5.91 Å². The van der Waals surface area contributed by atoms with E-state index in [0.29, 0.717) is 17.7 Å². The number of hydrogen-bond donors (Lipinski definition) is 1. The summed E-state index contributed by atoms with van der Waals surface area (Å²) < 4.78 is 0. The molecule has 0 bridgehead atoms. The molecule has 0 aromatic carbocycles. The molecule has 4 heteroatoms. The number of carbonyl (C=O) groups excluding carboxylic acids is 1. The fraction of sp³-hybridized carbons (Fsp3) is 0.545. The van der Waals surface area contributed by atoms with Crippen LogP contribution in [0.1, 0.15) is 48.8 Å². The summed E-state index contributed by atoms with van der Waals surface area (Å²) in [4.78, 5) is 11.6. The van der Waals surface area contributed by atoms with Crippen LogP contribution in [-0.2, 0) is 0 Å². The van der Waals surface area contributed by atoms with Gasteiger partial charge in [0.2, 0.25) is 0 Å². The van der Waals surface area contributed by atoms with E-state index >= 15 is 0 Å². The molecular formula is C11H15N3O. The van der Waals surface area contributed by atoms with Crippen molar-refractivity contribution in [2.75, 3.05) is 0 Å². The summed E-state index contributed by atoms with van der Waals surface area (Å²) in [6.45, 7) is 4.10. The maximum atomic E-state index is 11.6. The van der Waals surface area contributed by atoms with E-state index in [4.69, 9.17) is 0 Å². The van der Waals surface area contributed by atoms with Gasteiger partial charge in [0.25, 0.3) is 5.91 Å². The quantitative estimate of drug-likeness (QED) is 0.813. The Kier molecular flexibility index (Phi) is 2.66. The molecule has 1 fully saturated rings. The predicted octanol–water partition coefficient (Wildman–Crippen LogP) is 1.49. The fourth-order valence-corrected chi connectivity index (χ4v) is 1.26. The van der Waals surface area contributed by atoms with Crippen molar-refractivity contribution in [2.45, 2.75) is 38.6 Å². The molecule has 1 aliphatic carbocycles. The highest BCUT2D eigenvalue weighted by molar-refractivity contribution is 5.92. The highest BCUT2D eigenvalue weighted by Crippen LogP contribution is 2.19. The Morgan fingerprint density at radius 2 is 2.13 bits per heavy atom.